The summed E-state index contributed by atoms with van der Waals surface area (Å²) >= 11 is 1.51. The van der Waals surface area contributed by atoms with Gasteiger partial charge in [0.25, 0.3) is 5.91 Å². The molecule has 5 nitrogen and oxygen atoms in total. The maximum absolute atomic E-state index is 12.7. The second-order valence-corrected chi connectivity index (χ2v) is 7.35. The Kier molecular flexibility index (Phi) is 4.29. The third-order valence-corrected chi connectivity index (χ3v) is 5.39. The topological polar surface area (TPSA) is 61.9 Å². The highest BCUT2D eigenvalue weighted by molar-refractivity contribution is 7.13. The molecule has 0 aliphatic carbocycles. The van der Waals surface area contributed by atoms with E-state index in [2.05, 4.69) is 22.1 Å². The zero-order valence-electron chi connectivity index (χ0n) is 13.3. The number of H-pyrrole nitrogens is 1. The summed E-state index contributed by atoms with van der Waals surface area (Å²) in [6.07, 6.45) is 5.07. The molecule has 1 aliphatic rings. The molecule has 0 bridgehead atoms. The number of carbonyl (C=O) groups is 1. The van der Waals surface area contributed by atoms with Gasteiger partial charge in [0.2, 0.25) is 0 Å². The van der Waals surface area contributed by atoms with Crippen LogP contribution >= 0.6 is 11.3 Å². The minimum absolute atomic E-state index is 0.147. The van der Waals surface area contributed by atoms with Crippen molar-refractivity contribution < 1.29 is 4.79 Å². The van der Waals surface area contributed by atoms with Crippen molar-refractivity contribution in [2.24, 2.45) is 5.92 Å². The summed E-state index contributed by atoms with van der Waals surface area (Å²) in [5, 5.41) is 8.13. The Morgan fingerprint density at radius 3 is 2.91 bits per heavy atom. The highest BCUT2D eigenvalue weighted by Crippen LogP contribution is 2.25. The van der Waals surface area contributed by atoms with Crippen LogP contribution < -0.4 is 0 Å². The second-order valence-electron chi connectivity index (χ2n) is 6.14. The number of amides is 1. The van der Waals surface area contributed by atoms with Crippen LogP contribution in [-0.2, 0) is 6.42 Å². The maximum Gasteiger partial charge on any atom is 0.265 e. The number of nitrogens with one attached hydrogen (secondary N) is 1. The zero-order valence-corrected chi connectivity index (χ0v) is 14.2. The second kappa shape index (κ2) is 6.20. The van der Waals surface area contributed by atoms with E-state index in [4.69, 9.17) is 0 Å². The molecule has 1 aliphatic heterocycles. The first-order valence-corrected chi connectivity index (χ1v) is 8.58. The molecule has 2 aromatic heterocycles. The van der Waals surface area contributed by atoms with Gasteiger partial charge in [-0.05, 0) is 51.5 Å². The van der Waals surface area contributed by atoms with Crippen molar-refractivity contribution >= 4 is 17.2 Å². The molecule has 3 rings (SSSR count). The summed E-state index contributed by atoms with van der Waals surface area (Å²) in [6.45, 7) is 7.63. The molecule has 0 spiro atoms. The van der Waals surface area contributed by atoms with Crippen molar-refractivity contribution in [3.05, 3.63) is 33.0 Å². The van der Waals surface area contributed by atoms with E-state index in [1.165, 1.54) is 29.0 Å². The number of aromatic nitrogens is 3. The first-order chi connectivity index (χ1) is 10.5. The number of hydrogen-bond donors (Lipinski definition) is 1. The molecular formula is C16H22N4OS. The van der Waals surface area contributed by atoms with Gasteiger partial charge in [0.15, 0.2) is 0 Å². The average Bonchev–Trinajstić information content (AvgIpc) is 3.04. The van der Waals surface area contributed by atoms with Crippen molar-refractivity contribution in [1.82, 2.24) is 20.1 Å². The van der Waals surface area contributed by atoms with Crippen LogP contribution in [0.3, 0.4) is 0 Å². The summed E-state index contributed by atoms with van der Waals surface area (Å²) < 4.78 is 0. The lowest BCUT2D eigenvalue weighted by atomic mass is 9.92. The van der Waals surface area contributed by atoms with Crippen molar-refractivity contribution in [2.75, 3.05) is 13.1 Å². The minimum Gasteiger partial charge on any atom is -0.338 e. The van der Waals surface area contributed by atoms with Crippen molar-refractivity contribution in [1.29, 1.82) is 0 Å². The highest BCUT2D eigenvalue weighted by Gasteiger charge is 2.27. The van der Waals surface area contributed by atoms with Gasteiger partial charge in [-0.2, -0.15) is 5.10 Å². The highest BCUT2D eigenvalue weighted by atomic mass is 32.1. The van der Waals surface area contributed by atoms with Crippen molar-refractivity contribution in [3.8, 4) is 0 Å². The van der Waals surface area contributed by atoms with Gasteiger partial charge in [0.1, 0.15) is 4.88 Å². The van der Waals surface area contributed by atoms with E-state index in [1.807, 2.05) is 24.9 Å². The molecule has 0 saturated carbocycles. The van der Waals surface area contributed by atoms with E-state index in [9.17, 15) is 4.79 Å². The van der Waals surface area contributed by atoms with Crippen LogP contribution in [0.4, 0.5) is 0 Å². The van der Waals surface area contributed by atoms with Crippen LogP contribution in [0.1, 0.15) is 44.5 Å². The number of thiazole rings is 1. The van der Waals surface area contributed by atoms with E-state index in [0.717, 1.165) is 41.5 Å². The van der Waals surface area contributed by atoms with E-state index < -0.39 is 0 Å². The first-order valence-electron chi connectivity index (χ1n) is 7.76. The molecule has 0 unspecified atom stereocenters. The minimum atomic E-state index is 0.147. The number of piperidine rings is 1. The monoisotopic (exact) mass is 318 g/mol. The zero-order chi connectivity index (χ0) is 15.7. The molecule has 6 heteroatoms. The molecule has 3 heterocycles. The molecule has 1 atom stereocenters. The molecule has 22 heavy (non-hydrogen) atoms. The van der Waals surface area contributed by atoms with E-state index in [0.29, 0.717) is 5.92 Å². The lowest BCUT2D eigenvalue weighted by Gasteiger charge is -2.32. The molecule has 0 radical (unpaired) electrons. The van der Waals surface area contributed by atoms with Gasteiger partial charge in [0.05, 0.1) is 16.9 Å². The fourth-order valence-corrected chi connectivity index (χ4v) is 4.05. The number of nitrogens with zero attached hydrogens (tertiary/aromatic N) is 3. The van der Waals surface area contributed by atoms with Crippen LogP contribution in [0.25, 0.3) is 0 Å². The summed E-state index contributed by atoms with van der Waals surface area (Å²) in [4.78, 5) is 19.9. The van der Waals surface area contributed by atoms with Crippen molar-refractivity contribution in [2.45, 2.75) is 40.0 Å². The summed E-state index contributed by atoms with van der Waals surface area (Å²) in [6, 6.07) is 0. The predicted octanol–water partition coefficient (Wildman–Crippen LogP) is 2.89. The fraction of sp³-hybridized carbons (Fsp3) is 0.562. The Hall–Kier alpha value is -1.69. The lowest BCUT2D eigenvalue weighted by molar-refractivity contribution is 0.0676. The van der Waals surface area contributed by atoms with Gasteiger partial charge in [-0.25, -0.2) is 4.98 Å². The largest absolute Gasteiger partial charge is 0.338 e. The number of carbonyl (C=O) groups excluding carboxylic acids is 1. The summed E-state index contributed by atoms with van der Waals surface area (Å²) in [7, 11) is 0. The summed E-state index contributed by atoms with van der Waals surface area (Å²) in [5.74, 6) is 0.653. The number of rotatable bonds is 3. The van der Waals surface area contributed by atoms with Crippen LogP contribution in [0.2, 0.25) is 0 Å². The Bertz CT molecular complexity index is 675. The van der Waals surface area contributed by atoms with Crippen LogP contribution in [0.15, 0.2) is 6.20 Å². The molecule has 0 aromatic carbocycles. The smallest absolute Gasteiger partial charge is 0.265 e. The number of aryl methyl sites for hydroxylation is 3. The molecular weight excluding hydrogens is 296 g/mol. The van der Waals surface area contributed by atoms with Gasteiger partial charge < -0.3 is 4.90 Å². The Morgan fingerprint density at radius 1 is 1.45 bits per heavy atom. The van der Waals surface area contributed by atoms with Crippen LogP contribution in [-0.4, -0.2) is 39.1 Å². The Morgan fingerprint density at radius 2 is 2.27 bits per heavy atom. The van der Waals surface area contributed by atoms with E-state index >= 15 is 0 Å². The number of hydrogen-bond acceptors (Lipinski definition) is 4. The predicted molar refractivity (Wildman–Crippen MR) is 87.2 cm³/mol. The lowest BCUT2D eigenvalue weighted by Crippen LogP contribution is -2.40. The molecule has 1 N–H and O–H groups in total. The van der Waals surface area contributed by atoms with E-state index in [1.54, 1.807) is 0 Å². The number of likely N-dealkylation sites (tertiary alicyclic amines) is 1. The molecule has 1 saturated heterocycles. The quantitative estimate of drug-likeness (QED) is 0.946. The first kappa shape index (κ1) is 15.2. The van der Waals surface area contributed by atoms with Gasteiger partial charge >= 0.3 is 0 Å². The molecule has 2 aromatic rings. The SMILES string of the molecule is Cc1nc(C)c(C(=O)N2CCC[C@H](Cc3[nH]ncc3C)C2)s1. The Balaban J connectivity index is 1.69. The third kappa shape index (κ3) is 3.06. The third-order valence-electron chi connectivity index (χ3n) is 4.33. The number of aromatic amines is 1. The van der Waals surface area contributed by atoms with Crippen LogP contribution in [0, 0.1) is 26.7 Å². The molecule has 118 valence electrons. The van der Waals surface area contributed by atoms with Crippen molar-refractivity contribution in [3.63, 3.8) is 0 Å². The standard InChI is InChI=1S/C16H22N4OS/c1-10-8-17-19-14(10)7-13-5-4-6-20(9-13)16(21)15-11(2)18-12(3)22-15/h8,13H,4-7,9H2,1-3H3,(H,17,19)/t13-/m1/s1. The maximum atomic E-state index is 12.7. The summed E-state index contributed by atoms with van der Waals surface area (Å²) in [5.41, 5.74) is 3.26. The average molecular weight is 318 g/mol. The van der Waals surface area contributed by atoms with Gasteiger partial charge in [-0.3, -0.25) is 9.89 Å². The van der Waals surface area contributed by atoms with E-state index in [-0.39, 0.29) is 5.91 Å². The van der Waals surface area contributed by atoms with Gasteiger partial charge in [0, 0.05) is 18.8 Å². The Labute approximate surface area is 134 Å². The normalized spacial score (nSPS) is 18.7. The fourth-order valence-electron chi connectivity index (χ4n) is 3.16. The molecule has 1 amide bonds. The molecule has 1 fully saturated rings. The van der Waals surface area contributed by atoms with Gasteiger partial charge in [-0.15, -0.1) is 11.3 Å². The van der Waals surface area contributed by atoms with Crippen LogP contribution in [0.5, 0.6) is 0 Å². The van der Waals surface area contributed by atoms with Gasteiger partial charge in [-0.1, -0.05) is 0 Å².